The Morgan fingerprint density at radius 1 is 1.21 bits per heavy atom. The van der Waals surface area contributed by atoms with Gasteiger partial charge >= 0.3 is 0 Å². The molecule has 19 heavy (non-hydrogen) atoms. The topological polar surface area (TPSA) is 61.2 Å². The highest BCUT2D eigenvalue weighted by atomic mass is 32.2. The fraction of sp³-hybridized carbons (Fsp3) is 0.250. The predicted octanol–water partition coefficient (Wildman–Crippen LogP) is 2.91. The minimum Gasteiger partial charge on any atom is -0.206 e. The molecule has 0 amide bonds. The Labute approximate surface area is 120 Å². The SMILES string of the molecule is N#CCCN(Cc1cccs1)S(=O)(=O)c1cccs1. The molecule has 4 nitrogen and oxygen atoms in total. The first-order valence-corrected chi connectivity index (χ1v) is 8.77. The molecule has 0 unspecified atom stereocenters. The van der Waals surface area contributed by atoms with E-state index < -0.39 is 10.0 Å². The van der Waals surface area contributed by atoms with Crippen molar-refractivity contribution in [1.29, 1.82) is 5.26 Å². The van der Waals surface area contributed by atoms with E-state index in [1.165, 1.54) is 27.0 Å². The van der Waals surface area contributed by atoms with E-state index in [0.717, 1.165) is 4.88 Å². The fourth-order valence-corrected chi connectivity index (χ4v) is 4.94. The molecule has 2 heterocycles. The number of sulfonamides is 1. The van der Waals surface area contributed by atoms with Crippen molar-refractivity contribution in [1.82, 2.24) is 4.31 Å². The summed E-state index contributed by atoms with van der Waals surface area (Å²) in [7, 11) is -3.50. The number of nitrogens with zero attached hydrogens (tertiary/aromatic N) is 2. The summed E-state index contributed by atoms with van der Waals surface area (Å²) in [5.74, 6) is 0. The van der Waals surface area contributed by atoms with E-state index in [-0.39, 0.29) is 13.0 Å². The number of nitriles is 1. The Morgan fingerprint density at radius 2 is 1.95 bits per heavy atom. The summed E-state index contributed by atoms with van der Waals surface area (Å²) in [6.07, 6.45) is 0.190. The second-order valence-electron chi connectivity index (χ2n) is 3.76. The first-order valence-electron chi connectivity index (χ1n) is 5.57. The zero-order valence-corrected chi connectivity index (χ0v) is 12.5. The Kier molecular flexibility index (Phi) is 4.71. The summed E-state index contributed by atoms with van der Waals surface area (Å²) in [4.78, 5) is 0.970. The summed E-state index contributed by atoms with van der Waals surface area (Å²) in [5.41, 5.74) is 0. The lowest BCUT2D eigenvalue weighted by Gasteiger charge is -2.19. The molecule has 0 radical (unpaired) electrons. The van der Waals surface area contributed by atoms with Gasteiger partial charge in [0.1, 0.15) is 4.21 Å². The molecule has 2 rings (SSSR count). The van der Waals surface area contributed by atoms with Gasteiger partial charge in [0.05, 0.1) is 6.07 Å². The molecule has 0 saturated heterocycles. The fourth-order valence-electron chi connectivity index (χ4n) is 1.57. The van der Waals surface area contributed by atoms with Crippen molar-refractivity contribution in [3.8, 4) is 6.07 Å². The predicted molar refractivity (Wildman–Crippen MR) is 76.5 cm³/mol. The van der Waals surface area contributed by atoms with Crippen LogP contribution in [0.1, 0.15) is 11.3 Å². The lowest BCUT2D eigenvalue weighted by Crippen LogP contribution is -2.30. The van der Waals surface area contributed by atoms with Crippen LogP contribution in [0.4, 0.5) is 0 Å². The third-order valence-electron chi connectivity index (χ3n) is 2.47. The average Bonchev–Trinajstić information content (AvgIpc) is 3.06. The van der Waals surface area contributed by atoms with Crippen LogP contribution in [0.25, 0.3) is 0 Å². The molecule has 0 aliphatic rings. The maximum absolute atomic E-state index is 12.5. The molecule has 0 spiro atoms. The average molecular weight is 312 g/mol. The van der Waals surface area contributed by atoms with Crippen LogP contribution in [-0.4, -0.2) is 19.3 Å². The summed E-state index contributed by atoms with van der Waals surface area (Å²) >= 11 is 2.71. The van der Waals surface area contributed by atoms with Gasteiger partial charge in [-0.2, -0.15) is 9.57 Å². The molecular formula is C12H12N2O2S3. The van der Waals surface area contributed by atoms with E-state index in [2.05, 4.69) is 0 Å². The van der Waals surface area contributed by atoms with Crippen molar-refractivity contribution in [2.24, 2.45) is 0 Å². The van der Waals surface area contributed by atoms with Gasteiger partial charge in [-0.25, -0.2) is 8.42 Å². The molecule has 2 aromatic rings. The van der Waals surface area contributed by atoms with E-state index in [0.29, 0.717) is 10.8 Å². The molecule has 0 aromatic carbocycles. The van der Waals surface area contributed by atoms with Crippen molar-refractivity contribution < 1.29 is 8.42 Å². The first kappa shape index (κ1) is 14.2. The van der Waals surface area contributed by atoms with Crippen LogP contribution in [-0.2, 0) is 16.6 Å². The van der Waals surface area contributed by atoms with Gasteiger partial charge in [0, 0.05) is 24.4 Å². The molecule has 7 heteroatoms. The van der Waals surface area contributed by atoms with Gasteiger partial charge in [-0.05, 0) is 22.9 Å². The van der Waals surface area contributed by atoms with Crippen molar-refractivity contribution in [2.75, 3.05) is 6.54 Å². The lowest BCUT2D eigenvalue weighted by atomic mass is 10.4. The standard InChI is InChI=1S/C12H12N2O2S3/c13-6-3-7-14(10-11-4-1-8-17-11)19(15,16)12-5-2-9-18-12/h1-2,4-5,8-9H,3,7,10H2. The second kappa shape index (κ2) is 6.30. The van der Waals surface area contributed by atoms with Crippen LogP contribution in [0, 0.1) is 11.3 Å². The van der Waals surface area contributed by atoms with Crippen LogP contribution >= 0.6 is 22.7 Å². The Hall–Kier alpha value is -1.20. The van der Waals surface area contributed by atoms with Crippen molar-refractivity contribution >= 4 is 32.7 Å². The van der Waals surface area contributed by atoms with Gasteiger partial charge < -0.3 is 0 Å². The molecule has 2 aromatic heterocycles. The lowest BCUT2D eigenvalue weighted by molar-refractivity contribution is 0.417. The summed E-state index contributed by atoms with van der Waals surface area (Å²) in [6, 6.07) is 9.09. The first-order chi connectivity index (χ1) is 9.14. The summed E-state index contributed by atoms with van der Waals surface area (Å²) in [6.45, 7) is 0.536. The van der Waals surface area contributed by atoms with E-state index >= 15 is 0 Å². The maximum atomic E-state index is 12.5. The Morgan fingerprint density at radius 3 is 2.53 bits per heavy atom. The molecule has 0 bridgehead atoms. The number of hydrogen-bond acceptors (Lipinski definition) is 5. The van der Waals surface area contributed by atoms with E-state index in [1.54, 1.807) is 17.5 Å². The largest absolute Gasteiger partial charge is 0.252 e. The van der Waals surface area contributed by atoms with Crippen LogP contribution < -0.4 is 0 Å². The van der Waals surface area contributed by atoms with Crippen LogP contribution in [0.2, 0.25) is 0 Å². The molecule has 0 atom stereocenters. The van der Waals surface area contributed by atoms with Crippen molar-refractivity contribution in [3.63, 3.8) is 0 Å². The molecular weight excluding hydrogens is 300 g/mol. The molecule has 0 saturated carbocycles. The Bertz CT molecular complexity index is 640. The van der Waals surface area contributed by atoms with Gasteiger partial charge in [0.2, 0.25) is 0 Å². The highest BCUT2D eigenvalue weighted by Crippen LogP contribution is 2.24. The zero-order chi connectivity index (χ0) is 13.7. The van der Waals surface area contributed by atoms with Crippen LogP contribution in [0.15, 0.2) is 39.2 Å². The Balaban J connectivity index is 2.25. The van der Waals surface area contributed by atoms with E-state index in [9.17, 15) is 8.42 Å². The number of hydrogen-bond donors (Lipinski definition) is 0. The monoisotopic (exact) mass is 312 g/mol. The quantitative estimate of drug-likeness (QED) is 0.824. The molecule has 0 N–H and O–H groups in total. The maximum Gasteiger partial charge on any atom is 0.252 e. The van der Waals surface area contributed by atoms with Gasteiger partial charge in [0.15, 0.2) is 0 Å². The van der Waals surface area contributed by atoms with Gasteiger partial charge in [-0.3, -0.25) is 0 Å². The molecule has 0 aliphatic heterocycles. The molecule has 100 valence electrons. The smallest absolute Gasteiger partial charge is 0.206 e. The normalized spacial score (nSPS) is 11.6. The van der Waals surface area contributed by atoms with Crippen LogP contribution in [0.5, 0.6) is 0 Å². The summed E-state index contributed by atoms with van der Waals surface area (Å²) in [5, 5.41) is 12.3. The second-order valence-corrected chi connectivity index (χ2v) is 7.90. The number of rotatable bonds is 6. The van der Waals surface area contributed by atoms with Gasteiger partial charge in [-0.15, -0.1) is 22.7 Å². The third kappa shape index (κ3) is 3.42. The zero-order valence-electron chi connectivity index (χ0n) is 10.0. The molecule has 0 fully saturated rings. The van der Waals surface area contributed by atoms with Crippen molar-refractivity contribution in [2.45, 2.75) is 17.2 Å². The minimum atomic E-state index is -3.50. The highest BCUT2D eigenvalue weighted by molar-refractivity contribution is 7.91. The van der Waals surface area contributed by atoms with Gasteiger partial charge in [0.25, 0.3) is 10.0 Å². The van der Waals surface area contributed by atoms with Crippen LogP contribution in [0.3, 0.4) is 0 Å². The van der Waals surface area contributed by atoms with E-state index in [4.69, 9.17) is 5.26 Å². The minimum absolute atomic E-state index is 0.190. The number of thiophene rings is 2. The molecule has 0 aliphatic carbocycles. The highest BCUT2D eigenvalue weighted by Gasteiger charge is 2.25. The third-order valence-corrected chi connectivity index (χ3v) is 6.55. The summed E-state index contributed by atoms with van der Waals surface area (Å²) < 4.78 is 26.6. The van der Waals surface area contributed by atoms with Crippen molar-refractivity contribution in [3.05, 3.63) is 39.9 Å². The van der Waals surface area contributed by atoms with E-state index in [1.807, 2.05) is 23.6 Å². The van der Waals surface area contributed by atoms with Gasteiger partial charge in [-0.1, -0.05) is 12.1 Å².